The molecular weight excluding hydrogens is 322 g/mol. The molecule has 24 heavy (non-hydrogen) atoms. The number of carbonyl (C=O) groups excluding carboxylic acids is 1. The highest BCUT2D eigenvalue weighted by molar-refractivity contribution is 6.09. The summed E-state index contributed by atoms with van der Waals surface area (Å²) in [7, 11) is 1.40. The number of rotatable bonds is 3. The van der Waals surface area contributed by atoms with Gasteiger partial charge in [0.15, 0.2) is 0 Å². The minimum atomic E-state index is -0.806. The number of methoxy groups -OCH3 is 1. The quantitative estimate of drug-likeness (QED) is 0.558. The summed E-state index contributed by atoms with van der Waals surface area (Å²) >= 11 is 0. The van der Waals surface area contributed by atoms with E-state index in [0.717, 1.165) is 21.7 Å². The van der Waals surface area contributed by atoms with Crippen LogP contribution in [-0.4, -0.2) is 13.1 Å². The molecule has 0 aliphatic rings. The predicted molar refractivity (Wildman–Crippen MR) is 101 cm³/mol. The Morgan fingerprint density at radius 2 is 1.54 bits per heavy atom. The Balaban J connectivity index is 0.00000208. The molecule has 0 spiro atoms. The average molecular weight is 344 g/mol. The van der Waals surface area contributed by atoms with Crippen molar-refractivity contribution in [2.24, 2.45) is 11.1 Å². The Morgan fingerprint density at radius 1 is 1.00 bits per heavy atom. The maximum atomic E-state index is 12.1. The lowest BCUT2D eigenvalue weighted by Gasteiger charge is -2.30. The van der Waals surface area contributed by atoms with Gasteiger partial charge in [0, 0.05) is 6.04 Å². The summed E-state index contributed by atoms with van der Waals surface area (Å²) < 4.78 is 4.94. The van der Waals surface area contributed by atoms with Gasteiger partial charge < -0.3 is 10.5 Å². The number of hydrogen-bond acceptors (Lipinski definition) is 3. The van der Waals surface area contributed by atoms with Crippen LogP contribution >= 0.6 is 12.4 Å². The summed E-state index contributed by atoms with van der Waals surface area (Å²) in [6.45, 7) is 3.65. The SMILES string of the molecule is COC(=O)C(C)(C)[C@H](N)c1cc2ccccc2c2ccccc12.Cl. The fourth-order valence-electron chi connectivity index (χ4n) is 3.12. The predicted octanol–water partition coefficient (Wildman–Crippen LogP) is 4.61. The number of fused-ring (bicyclic) bond motifs is 3. The highest BCUT2D eigenvalue weighted by Crippen LogP contribution is 2.38. The highest BCUT2D eigenvalue weighted by Gasteiger charge is 2.37. The minimum Gasteiger partial charge on any atom is -0.469 e. The fourth-order valence-corrected chi connectivity index (χ4v) is 3.12. The van der Waals surface area contributed by atoms with E-state index in [1.54, 1.807) is 0 Å². The van der Waals surface area contributed by atoms with Gasteiger partial charge in [0.05, 0.1) is 12.5 Å². The minimum absolute atomic E-state index is 0. The van der Waals surface area contributed by atoms with Crippen molar-refractivity contribution in [3.63, 3.8) is 0 Å². The van der Waals surface area contributed by atoms with Gasteiger partial charge >= 0.3 is 5.97 Å². The second-order valence-corrected chi connectivity index (χ2v) is 6.42. The smallest absolute Gasteiger partial charge is 0.313 e. The standard InChI is InChI=1S/C20H21NO2.ClH/c1-20(2,19(22)23-3)18(21)17-12-13-8-4-5-9-14(13)15-10-6-7-11-16(15)17;/h4-12,18H,21H2,1-3H3;1H/t18-;/m1./s1. The van der Waals surface area contributed by atoms with Crippen molar-refractivity contribution in [2.75, 3.05) is 7.11 Å². The van der Waals surface area contributed by atoms with Crippen LogP contribution in [0, 0.1) is 5.41 Å². The van der Waals surface area contributed by atoms with Crippen molar-refractivity contribution in [1.29, 1.82) is 0 Å². The molecule has 1 atom stereocenters. The number of esters is 1. The Kier molecular flexibility index (Phi) is 5.16. The second-order valence-electron chi connectivity index (χ2n) is 6.42. The fraction of sp³-hybridized carbons (Fsp3) is 0.250. The topological polar surface area (TPSA) is 52.3 Å². The third-order valence-electron chi connectivity index (χ3n) is 4.62. The summed E-state index contributed by atoms with van der Waals surface area (Å²) in [4.78, 5) is 12.1. The summed E-state index contributed by atoms with van der Waals surface area (Å²) in [5.41, 5.74) is 6.67. The molecule has 0 aliphatic heterocycles. The Labute approximate surface area is 148 Å². The first-order valence-corrected chi connectivity index (χ1v) is 7.71. The highest BCUT2D eigenvalue weighted by atomic mass is 35.5. The van der Waals surface area contributed by atoms with E-state index in [1.807, 2.05) is 38.1 Å². The summed E-state index contributed by atoms with van der Waals surface area (Å²) in [6, 6.07) is 18.0. The lowest BCUT2D eigenvalue weighted by atomic mass is 9.79. The summed E-state index contributed by atoms with van der Waals surface area (Å²) in [5, 5.41) is 4.54. The molecule has 3 aromatic carbocycles. The Hall–Kier alpha value is -2.10. The zero-order chi connectivity index (χ0) is 16.6. The van der Waals surface area contributed by atoms with E-state index in [0.29, 0.717) is 0 Å². The van der Waals surface area contributed by atoms with Crippen molar-refractivity contribution in [1.82, 2.24) is 0 Å². The first-order chi connectivity index (χ1) is 11.0. The molecular formula is C20H22ClNO2. The van der Waals surface area contributed by atoms with Gasteiger partial charge in [-0.3, -0.25) is 4.79 Å². The van der Waals surface area contributed by atoms with Crippen LogP contribution in [0.25, 0.3) is 21.5 Å². The molecule has 0 unspecified atom stereocenters. The number of ether oxygens (including phenoxy) is 1. The molecule has 0 saturated carbocycles. The molecule has 3 nitrogen and oxygen atoms in total. The molecule has 0 aromatic heterocycles. The Morgan fingerprint density at radius 3 is 2.17 bits per heavy atom. The van der Waals surface area contributed by atoms with Crippen molar-refractivity contribution in [3.05, 3.63) is 60.2 Å². The van der Waals surface area contributed by atoms with Crippen LogP contribution < -0.4 is 5.73 Å². The van der Waals surface area contributed by atoms with Gasteiger partial charge in [0.2, 0.25) is 0 Å². The molecule has 0 bridgehead atoms. The van der Waals surface area contributed by atoms with Crippen LogP contribution in [0.4, 0.5) is 0 Å². The Bertz CT molecular complexity index is 889. The van der Waals surface area contributed by atoms with Crippen LogP contribution in [0.5, 0.6) is 0 Å². The van der Waals surface area contributed by atoms with E-state index in [1.165, 1.54) is 12.5 Å². The second kappa shape index (κ2) is 6.80. The molecule has 0 saturated heterocycles. The molecule has 0 heterocycles. The molecule has 0 aliphatic carbocycles. The number of nitrogens with two attached hydrogens (primary N) is 1. The molecule has 3 aromatic rings. The zero-order valence-corrected chi connectivity index (χ0v) is 14.9. The van der Waals surface area contributed by atoms with E-state index >= 15 is 0 Å². The molecule has 2 N–H and O–H groups in total. The van der Waals surface area contributed by atoms with Crippen molar-refractivity contribution in [2.45, 2.75) is 19.9 Å². The van der Waals surface area contributed by atoms with E-state index in [4.69, 9.17) is 10.5 Å². The monoisotopic (exact) mass is 343 g/mol. The van der Waals surface area contributed by atoms with Gasteiger partial charge in [0.1, 0.15) is 0 Å². The van der Waals surface area contributed by atoms with E-state index in [9.17, 15) is 4.79 Å². The van der Waals surface area contributed by atoms with E-state index < -0.39 is 11.5 Å². The van der Waals surface area contributed by atoms with Crippen LogP contribution in [0.3, 0.4) is 0 Å². The largest absolute Gasteiger partial charge is 0.469 e. The number of carbonyl (C=O) groups is 1. The van der Waals surface area contributed by atoms with E-state index in [2.05, 4.69) is 30.3 Å². The third-order valence-corrected chi connectivity index (χ3v) is 4.62. The molecule has 3 rings (SSSR count). The molecule has 126 valence electrons. The lowest BCUT2D eigenvalue weighted by Crippen LogP contribution is -2.37. The van der Waals surface area contributed by atoms with E-state index in [-0.39, 0.29) is 18.4 Å². The molecule has 0 radical (unpaired) electrons. The first kappa shape index (κ1) is 18.2. The summed E-state index contributed by atoms with van der Waals surface area (Å²) in [5.74, 6) is -0.303. The van der Waals surface area contributed by atoms with Crippen LogP contribution in [0.15, 0.2) is 54.6 Å². The van der Waals surface area contributed by atoms with Crippen molar-refractivity contribution >= 4 is 39.9 Å². The molecule has 4 heteroatoms. The van der Waals surface area contributed by atoms with Gasteiger partial charge in [0.25, 0.3) is 0 Å². The van der Waals surface area contributed by atoms with Crippen LogP contribution in [0.2, 0.25) is 0 Å². The normalized spacial score (nSPS) is 12.7. The molecule has 0 fully saturated rings. The van der Waals surface area contributed by atoms with Gasteiger partial charge in [-0.25, -0.2) is 0 Å². The molecule has 0 amide bonds. The maximum Gasteiger partial charge on any atom is 0.313 e. The van der Waals surface area contributed by atoms with Gasteiger partial charge in [-0.1, -0.05) is 48.5 Å². The first-order valence-electron chi connectivity index (χ1n) is 7.71. The summed E-state index contributed by atoms with van der Waals surface area (Å²) in [6.07, 6.45) is 0. The third kappa shape index (κ3) is 2.85. The zero-order valence-electron chi connectivity index (χ0n) is 14.1. The van der Waals surface area contributed by atoms with Crippen molar-refractivity contribution < 1.29 is 9.53 Å². The maximum absolute atomic E-state index is 12.1. The van der Waals surface area contributed by atoms with Gasteiger partial charge in [-0.15, -0.1) is 12.4 Å². The number of halogens is 1. The number of hydrogen-bond donors (Lipinski definition) is 1. The average Bonchev–Trinajstić information content (AvgIpc) is 2.59. The lowest BCUT2D eigenvalue weighted by molar-refractivity contribution is -0.152. The van der Waals surface area contributed by atoms with Crippen LogP contribution in [-0.2, 0) is 9.53 Å². The van der Waals surface area contributed by atoms with Crippen molar-refractivity contribution in [3.8, 4) is 0 Å². The van der Waals surface area contributed by atoms with Crippen LogP contribution in [0.1, 0.15) is 25.5 Å². The van der Waals surface area contributed by atoms with Gasteiger partial charge in [-0.2, -0.15) is 0 Å². The van der Waals surface area contributed by atoms with Gasteiger partial charge in [-0.05, 0) is 47.0 Å². The number of benzene rings is 3.